The fourth-order valence-corrected chi connectivity index (χ4v) is 3.64. The molecule has 1 aromatic heterocycles. The van der Waals surface area contributed by atoms with Crippen molar-refractivity contribution in [2.24, 2.45) is 0 Å². The van der Waals surface area contributed by atoms with Gasteiger partial charge < -0.3 is 9.42 Å². The zero-order chi connectivity index (χ0) is 19.3. The van der Waals surface area contributed by atoms with Gasteiger partial charge in [-0.3, -0.25) is 4.79 Å². The molecule has 1 atom stereocenters. The third kappa shape index (κ3) is 4.11. The number of hydrogen-bond donors (Lipinski definition) is 0. The second kappa shape index (κ2) is 8.33. The Hall–Kier alpha value is -3.02. The number of hydrogen-bond acceptors (Lipinski definition) is 4. The third-order valence-corrected chi connectivity index (χ3v) is 5.10. The second-order valence-electron chi connectivity index (χ2n) is 7.05. The molecule has 6 heteroatoms. The Morgan fingerprint density at radius 2 is 1.93 bits per heavy atom. The lowest BCUT2D eigenvalue weighted by atomic mass is 10.1. The van der Waals surface area contributed by atoms with E-state index in [0.717, 1.165) is 25.7 Å². The molecule has 0 bridgehead atoms. The van der Waals surface area contributed by atoms with Crippen LogP contribution in [-0.2, 0) is 11.2 Å². The summed E-state index contributed by atoms with van der Waals surface area (Å²) in [6.45, 7) is 0.711. The maximum absolute atomic E-state index is 13.1. The van der Waals surface area contributed by atoms with E-state index in [1.165, 1.54) is 17.7 Å². The van der Waals surface area contributed by atoms with Crippen LogP contribution in [-0.4, -0.2) is 27.5 Å². The molecule has 3 aromatic rings. The van der Waals surface area contributed by atoms with E-state index in [1.807, 2.05) is 23.1 Å². The van der Waals surface area contributed by atoms with Gasteiger partial charge >= 0.3 is 0 Å². The van der Waals surface area contributed by atoms with Crippen LogP contribution in [0.15, 0.2) is 59.1 Å². The van der Waals surface area contributed by atoms with E-state index in [4.69, 9.17) is 4.52 Å². The van der Waals surface area contributed by atoms with E-state index >= 15 is 0 Å². The fraction of sp³-hybridized carbons (Fsp3) is 0.318. The van der Waals surface area contributed by atoms with Gasteiger partial charge in [0.25, 0.3) is 0 Å². The molecule has 0 N–H and O–H groups in total. The van der Waals surface area contributed by atoms with Crippen LogP contribution in [0.25, 0.3) is 11.4 Å². The normalized spacial score (nSPS) is 16.5. The van der Waals surface area contributed by atoms with Gasteiger partial charge in [0.05, 0.1) is 0 Å². The highest BCUT2D eigenvalue weighted by Gasteiger charge is 2.33. The predicted octanol–water partition coefficient (Wildman–Crippen LogP) is 4.56. The Balaban J connectivity index is 1.39. The molecule has 0 radical (unpaired) electrons. The summed E-state index contributed by atoms with van der Waals surface area (Å²) in [7, 11) is 0. The summed E-state index contributed by atoms with van der Waals surface area (Å²) < 4.78 is 18.5. The maximum Gasteiger partial charge on any atom is 0.249 e. The molecule has 1 fully saturated rings. The smallest absolute Gasteiger partial charge is 0.249 e. The summed E-state index contributed by atoms with van der Waals surface area (Å²) in [5.41, 5.74) is 1.93. The summed E-state index contributed by atoms with van der Waals surface area (Å²) in [5.74, 6) is 0.683. The van der Waals surface area contributed by atoms with Gasteiger partial charge in [0.15, 0.2) is 0 Å². The Morgan fingerprint density at radius 3 is 2.71 bits per heavy atom. The minimum Gasteiger partial charge on any atom is -0.337 e. The standard InChI is InChI=1S/C22H22FN3O2/c23-18-13-11-17(12-14-18)21-24-22(28-25-21)19-9-5-15-26(19)20(27)10-4-8-16-6-2-1-3-7-16/h1-3,6-7,11-14,19H,4-5,8-10,15H2. The average Bonchev–Trinajstić information content (AvgIpc) is 3.39. The molecule has 28 heavy (non-hydrogen) atoms. The Kier molecular flexibility index (Phi) is 5.46. The molecule has 1 unspecified atom stereocenters. The lowest BCUT2D eigenvalue weighted by Crippen LogP contribution is -2.30. The number of benzene rings is 2. The molecule has 4 rings (SSSR count). The van der Waals surface area contributed by atoms with Crippen molar-refractivity contribution in [2.45, 2.75) is 38.1 Å². The summed E-state index contributed by atoms with van der Waals surface area (Å²) in [5, 5.41) is 4.01. The highest BCUT2D eigenvalue weighted by atomic mass is 19.1. The molecule has 144 valence electrons. The molecule has 2 aromatic carbocycles. The molecule has 0 spiro atoms. The number of nitrogens with zero attached hydrogens (tertiary/aromatic N) is 3. The van der Waals surface area contributed by atoms with Crippen molar-refractivity contribution in [2.75, 3.05) is 6.54 Å². The van der Waals surface area contributed by atoms with Crippen LogP contribution in [0.5, 0.6) is 0 Å². The fourth-order valence-electron chi connectivity index (χ4n) is 3.64. The van der Waals surface area contributed by atoms with Crippen molar-refractivity contribution >= 4 is 5.91 Å². The first-order valence-electron chi connectivity index (χ1n) is 9.63. The monoisotopic (exact) mass is 379 g/mol. The number of aryl methyl sites for hydroxylation is 1. The summed E-state index contributed by atoms with van der Waals surface area (Å²) >= 11 is 0. The van der Waals surface area contributed by atoms with Gasteiger partial charge in [-0.1, -0.05) is 35.5 Å². The van der Waals surface area contributed by atoms with Gasteiger partial charge in [0.2, 0.25) is 17.6 Å². The van der Waals surface area contributed by atoms with E-state index in [-0.39, 0.29) is 17.8 Å². The Bertz CT molecular complexity index is 924. The number of halogens is 1. The molecular formula is C22H22FN3O2. The number of likely N-dealkylation sites (tertiary alicyclic amines) is 1. The zero-order valence-electron chi connectivity index (χ0n) is 15.6. The minimum absolute atomic E-state index is 0.125. The minimum atomic E-state index is -0.310. The van der Waals surface area contributed by atoms with Crippen molar-refractivity contribution in [1.29, 1.82) is 0 Å². The van der Waals surface area contributed by atoms with Crippen LogP contribution in [0, 0.1) is 5.82 Å². The lowest BCUT2D eigenvalue weighted by molar-refractivity contribution is -0.132. The average molecular weight is 379 g/mol. The number of carbonyl (C=O) groups excluding carboxylic acids is 1. The zero-order valence-corrected chi connectivity index (χ0v) is 15.6. The lowest BCUT2D eigenvalue weighted by Gasteiger charge is -2.21. The first kappa shape index (κ1) is 18.3. The van der Waals surface area contributed by atoms with E-state index in [9.17, 15) is 9.18 Å². The number of carbonyl (C=O) groups is 1. The largest absolute Gasteiger partial charge is 0.337 e. The summed E-state index contributed by atoms with van der Waals surface area (Å²) in [4.78, 5) is 19.0. The van der Waals surface area contributed by atoms with Crippen molar-refractivity contribution < 1.29 is 13.7 Å². The van der Waals surface area contributed by atoms with E-state index in [1.54, 1.807) is 12.1 Å². The van der Waals surface area contributed by atoms with Gasteiger partial charge in [-0.25, -0.2) is 4.39 Å². The van der Waals surface area contributed by atoms with Gasteiger partial charge in [0, 0.05) is 18.5 Å². The van der Waals surface area contributed by atoms with Crippen LogP contribution in [0.1, 0.15) is 43.2 Å². The predicted molar refractivity (Wildman–Crippen MR) is 103 cm³/mol. The number of rotatable bonds is 6. The Morgan fingerprint density at radius 1 is 1.14 bits per heavy atom. The summed E-state index contributed by atoms with van der Waals surface area (Å²) in [6.07, 6.45) is 3.94. The topological polar surface area (TPSA) is 59.2 Å². The molecule has 0 saturated carbocycles. The molecule has 0 aliphatic carbocycles. The van der Waals surface area contributed by atoms with Crippen LogP contribution in [0.3, 0.4) is 0 Å². The van der Waals surface area contributed by atoms with Crippen LogP contribution in [0.4, 0.5) is 4.39 Å². The number of aromatic nitrogens is 2. The molecule has 5 nitrogen and oxygen atoms in total. The van der Waals surface area contributed by atoms with E-state index < -0.39 is 0 Å². The molecule has 2 heterocycles. The van der Waals surface area contributed by atoms with Gasteiger partial charge in [-0.05, 0) is 55.5 Å². The molecule has 1 aliphatic heterocycles. The summed E-state index contributed by atoms with van der Waals surface area (Å²) in [6, 6.07) is 16.0. The molecular weight excluding hydrogens is 357 g/mol. The first-order chi connectivity index (χ1) is 13.7. The van der Waals surface area contributed by atoms with E-state index in [2.05, 4.69) is 22.3 Å². The third-order valence-electron chi connectivity index (χ3n) is 5.10. The van der Waals surface area contributed by atoms with Crippen molar-refractivity contribution in [3.63, 3.8) is 0 Å². The highest BCUT2D eigenvalue weighted by Crippen LogP contribution is 2.32. The SMILES string of the molecule is O=C(CCCc1ccccc1)N1CCCC1c1nc(-c2ccc(F)cc2)no1. The molecule has 1 amide bonds. The molecule has 1 saturated heterocycles. The first-order valence-corrected chi connectivity index (χ1v) is 9.63. The maximum atomic E-state index is 13.1. The quantitative estimate of drug-likeness (QED) is 0.630. The molecule has 1 aliphatic rings. The number of amides is 1. The van der Waals surface area contributed by atoms with Gasteiger partial charge in [0.1, 0.15) is 11.9 Å². The second-order valence-corrected chi connectivity index (χ2v) is 7.05. The van der Waals surface area contributed by atoms with Crippen molar-refractivity contribution in [3.8, 4) is 11.4 Å². The van der Waals surface area contributed by atoms with Crippen LogP contribution in [0.2, 0.25) is 0 Å². The van der Waals surface area contributed by atoms with Crippen LogP contribution < -0.4 is 0 Å². The van der Waals surface area contributed by atoms with E-state index in [0.29, 0.717) is 30.2 Å². The Labute approximate surface area is 163 Å². The van der Waals surface area contributed by atoms with Gasteiger partial charge in [-0.15, -0.1) is 0 Å². The van der Waals surface area contributed by atoms with Gasteiger partial charge in [-0.2, -0.15) is 4.98 Å². The van der Waals surface area contributed by atoms with Crippen LogP contribution >= 0.6 is 0 Å². The highest BCUT2D eigenvalue weighted by molar-refractivity contribution is 5.77. The van der Waals surface area contributed by atoms with Crippen molar-refractivity contribution in [1.82, 2.24) is 15.0 Å². The van der Waals surface area contributed by atoms with Crippen molar-refractivity contribution in [3.05, 3.63) is 71.9 Å².